The molecule has 0 spiro atoms. The zero-order valence-corrected chi connectivity index (χ0v) is 12.2. The minimum atomic E-state index is 0.261. The summed E-state index contributed by atoms with van der Waals surface area (Å²) in [6.07, 6.45) is 3.81. The standard InChI is InChI=1S/C14H15N3S2/c1-17-7-6-15-13(17)10-16-14(11-4-2-8-18-11)12-5-3-9-19-12/h2-9,14,16H,10H2,1H3. The van der Waals surface area contributed by atoms with Gasteiger partial charge in [-0.2, -0.15) is 0 Å². The number of imidazole rings is 1. The van der Waals surface area contributed by atoms with Crippen molar-refractivity contribution in [3.63, 3.8) is 0 Å². The van der Waals surface area contributed by atoms with Crippen molar-refractivity contribution in [2.75, 3.05) is 0 Å². The van der Waals surface area contributed by atoms with E-state index in [-0.39, 0.29) is 6.04 Å². The number of nitrogens with one attached hydrogen (secondary N) is 1. The molecule has 3 nitrogen and oxygen atoms in total. The molecule has 5 heteroatoms. The van der Waals surface area contributed by atoms with Gasteiger partial charge in [0.2, 0.25) is 0 Å². The zero-order chi connectivity index (χ0) is 13.1. The zero-order valence-electron chi connectivity index (χ0n) is 10.6. The maximum atomic E-state index is 4.36. The van der Waals surface area contributed by atoms with Crippen LogP contribution in [0, 0.1) is 0 Å². The Balaban J connectivity index is 1.79. The van der Waals surface area contributed by atoms with E-state index < -0.39 is 0 Å². The van der Waals surface area contributed by atoms with E-state index in [1.54, 1.807) is 22.7 Å². The normalized spacial score (nSPS) is 11.3. The van der Waals surface area contributed by atoms with E-state index in [2.05, 4.69) is 45.3 Å². The highest BCUT2D eigenvalue weighted by molar-refractivity contribution is 7.11. The van der Waals surface area contributed by atoms with Gasteiger partial charge in [0.05, 0.1) is 12.6 Å². The molecule has 0 aromatic carbocycles. The van der Waals surface area contributed by atoms with Gasteiger partial charge >= 0.3 is 0 Å². The van der Waals surface area contributed by atoms with Crippen molar-refractivity contribution in [1.82, 2.24) is 14.9 Å². The monoisotopic (exact) mass is 289 g/mol. The molecule has 0 fully saturated rings. The molecule has 0 aliphatic rings. The lowest BCUT2D eigenvalue weighted by molar-refractivity contribution is 0.586. The first-order valence-corrected chi connectivity index (χ1v) is 7.87. The summed E-state index contributed by atoms with van der Waals surface area (Å²) in [6.45, 7) is 0.768. The molecular formula is C14H15N3S2. The summed E-state index contributed by atoms with van der Waals surface area (Å²) in [4.78, 5) is 7.05. The number of thiophene rings is 2. The quantitative estimate of drug-likeness (QED) is 0.780. The van der Waals surface area contributed by atoms with Crippen LogP contribution in [0.5, 0.6) is 0 Å². The summed E-state index contributed by atoms with van der Waals surface area (Å²) in [7, 11) is 2.02. The molecule has 0 saturated heterocycles. The summed E-state index contributed by atoms with van der Waals surface area (Å²) in [5.74, 6) is 1.05. The molecule has 0 aliphatic heterocycles. The maximum Gasteiger partial charge on any atom is 0.122 e. The molecule has 0 radical (unpaired) electrons. The lowest BCUT2D eigenvalue weighted by Crippen LogP contribution is -2.22. The fourth-order valence-corrected chi connectivity index (χ4v) is 3.72. The molecule has 0 saturated carbocycles. The topological polar surface area (TPSA) is 29.9 Å². The first-order chi connectivity index (χ1) is 9.34. The van der Waals surface area contributed by atoms with Crippen LogP contribution in [0.1, 0.15) is 21.6 Å². The van der Waals surface area contributed by atoms with Crippen LogP contribution in [0.2, 0.25) is 0 Å². The highest BCUT2D eigenvalue weighted by atomic mass is 32.1. The Morgan fingerprint density at radius 3 is 2.37 bits per heavy atom. The van der Waals surface area contributed by atoms with E-state index in [4.69, 9.17) is 0 Å². The number of hydrogen-bond donors (Lipinski definition) is 1. The molecule has 1 N–H and O–H groups in total. The van der Waals surface area contributed by atoms with Crippen molar-refractivity contribution in [3.05, 3.63) is 63.0 Å². The maximum absolute atomic E-state index is 4.36. The van der Waals surface area contributed by atoms with Crippen LogP contribution in [0.3, 0.4) is 0 Å². The van der Waals surface area contributed by atoms with E-state index in [1.807, 2.05) is 24.0 Å². The van der Waals surface area contributed by atoms with Crippen LogP contribution in [-0.4, -0.2) is 9.55 Å². The Bertz CT molecular complexity index is 577. The third kappa shape index (κ3) is 2.78. The lowest BCUT2D eigenvalue weighted by atomic mass is 10.2. The minimum Gasteiger partial charge on any atom is -0.337 e. The van der Waals surface area contributed by atoms with Crippen LogP contribution in [0.25, 0.3) is 0 Å². The van der Waals surface area contributed by atoms with Crippen LogP contribution >= 0.6 is 22.7 Å². The van der Waals surface area contributed by atoms with Crippen molar-refractivity contribution in [1.29, 1.82) is 0 Å². The number of aryl methyl sites for hydroxylation is 1. The molecule has 0 amide bonds. The Labute approximate surface area is 120 Å². The molecule has 0 unspecified atom stereocenters. The van der Waals surface area contributed by atoms with E-state index in [9.17, 15) is 0 Å². The van der Waals surface area contributed by atoms with Gasteiger partial charge in [0.25, 0.3) is 0 Å². The predicted octanol–water partition coefficient (Wildman–Crippen LogP) is 3.42. The number of nitrogens with zero attached hydrogens (tertiary/aromatic N) is 2. The highest BCUT2D eigenvalue weighted by Crippen LogP contribution is 2.29. The van der Waals surface area contributed by atoms with Gasteiger partial charge in [-0.25, -0.2) is 4.98 Å². The van der Waals surface area contributed by atoms with Crippen molar-refractivity contribution in [2.45, 2.75) is 12.6 Å². The molecule has 98 valence electrons. The molecule has 19 heavy (non-hydrogen) atoms. The van der Waals surface area contributed by atoms with E-state index in [0.29, 0.717) is 0 Å². The van der Waals surface area contributed by atoms with Crippen molar-refractivity contribution < 1.29 is 0 Å². The molecule has 3 heterocycles. The molecule has 3 aromatic heterocycles. The molecule has 3 aromatic rings. The Morgan fingerprint density at radius 2 is 1.89 bits per heavy atom. The predicted molar refractivity (Wildman–Crippen MR) is 80.5 cm³/mol. The summed E-state index contributed by atoms with van der Waals surface area (Å²) in [5, 5.41) is 7.85. The summed E-state index contributed by atoms with van der Waals surface area (Å²) in [5.41, 5.74) is 0. The highest BCUT2D eigenvalue weighted by Gasteiger charge is 2.16. The molecule has 0 aliphatic carbocycles. The van der Waals surface area contributed by atoms with Crippen molar-refractivity contribution in [2.24, 2.45) is 7.05 Å². The van der Waals surface area contributed by atoms with Crippen LogP contribution < -0.4 is 5.32 Å². The second-order valence-electron chi connectivity index (χ2n) is 4.30. The third-order valence-corrected chi connectivity index (χ3v) is 4.92. The second kappa shape index (κ2) is 5.69. The average molecular weight is 289 g/mol. The summed E-state index contributed by atoms with van der Waals surface area (Å²) in [6, 6.07) is 8.82. The van der Waals surface area contributed by atoms with Gasteiger partial charge < -0.3 is 4.57 Å². The van der Waals surface area contributed by atoms with Crippen LogP contribution in [-0.2, 0) is 13.6 Å². The van der Waals surface area contributed by atoms with E-state index in [0.717, 1.165) is 12.4 Å². The first-order valence-electron chi connectivity index (χ1n) is 6.11. The molecule has 0 atom stereocenters. The fraction of sp³-hybridized carbons (Fsp3) is 0.214. The second-order valence-corrected chi connectivity index (χ2v) is 6.26. The Hall–Kier alpha value is -1.43. The van der Waals surface area contributed by atoms with Crippen molar-refractivity contribution in [3.8, 4) is 0 Å². The van der Waals surface area contributed by atoms with Gasteiger partial charge in [0, 0.05) is 29.2 Å². The molecular weight excluding hydrogens is 274 g/mol. The lowest BCUT2D eigenvalue weighted by Gasteiger charge is -2.16. The largest absolute Gasteiger partial charge is 0.337 e. The van der Waals surface area contributed by atoms with Crippen molar-refractivity contribution >= 4 is 22.7 Å². The first kappa shape index (κ1) is 12.6. The van der Waals surface area contributed by atoms with Gasteiger partial charge in [-0.1, -0.05) is 12.1 Å². The molecule has 0 bridgehead atoms. The van der Waals surface area contributed by atoms with Gasteiger partial charge in [-0.3, -0.25) is 5.32 Å². The number of hydrogen-bond acceptors (Lipinski definition) is 4. The number of rotatable bonds is 5. The Morgan fingerprint density at radius 1 is 1.21 bits per heavy atom. The van der Waals surface area contributed by atoms with Gasteiger partial charge in [0.1, 0.15) is 5.82 Å². The SMILES string of the molecule is Cn1ccnc1CNC(c1cccs1)c1cccs1. The molecule has 3 rings (SSSR count). The smallest absolute Gasteiger partial charge is 0.122 e. The summed E-state index contributed by atoms with van der Waals surface area (Å²) >= 11 is 3.58. The third-order valence-electron chi connectivity index (χ3n) is 3.04. The van der Waals surface area contributed by atoms with E-state index >= 15 is 0 Å². The minimum absolute atomic E-state index is 0.261. The van der Waals surface area contributed by atoms with Gasteiger partial charge in [0.15, 0.2) is 0 Å². The van der Waals surface area contributed by atoms with Crippen LogP contribution in [0.4, 0.5) is 0 Å². The summed E-state index contributed by atoms with van der Waals surface area (Å²) < 4.78 is 2.05. The average Bonchev–Trinajstić information content (AvgIpc) is 3.13. The van der Waals surface area contributed by atoms with Crippen LogP contribution in [0.15, 0.2) is 47.4 Å². The Kier molecular flexibility index (Phi) is 3.77. The fourth-order valence-electron chi connectivity index (χ4n) is 2.01. The number of aromatic nitrogens is 2. The van der Waals surface area contributed by atoms with Gasteiger partial charge in [-0.05, 0) is 22.9 Å². The van der Waals surface area contributed by atoms with Gasteiger partial charge in [-0.15, -0.1) is 22.7 Å². The van der Waals surface area contributed by atoms with E-state index in [1.165, 1.54) is 9.75 Å².